The maximum Gasteiger partial charge on any atom is 0.325 e. The first kappa shape index (κ1) is 10.2. The standard InChI is InChI=1S/C8H12N4O2/c1-5(8(13)14)12-7-3-6(9-2)10-4-11-7/h3-5H,1-2H3,(H,13,14)(H2,9,10,11,12). The van der Waals surface area contributed by atoms with Crippen molar-refractivity contribution in [1.29, 1.82) is 0 Å². The Bertz CT molecular complexity index is 329. The van der Waals surface area contributed by atoms with Crippen LogP contribution < -0.4 is 10.6 Å². The molecule has 1 aromatic heterocycles. The number of nitrogens with one attached hydrogen (secondary N) is 2. The molecule has 0 amide bonds. The third kappa shape index (κ3) is 2.58. The Morgan fingerprint density at radius 1 is 1.50 bits per heavy atom. The lowest BCUT2D eigenvalue weighted by Gasteiger charge is -2.09. The smallest absolute Gasteiger partial charge is 0.325 e. The summed E-state index contributed by atoms with van der Waals surface area (Å²) in [4.78, 5) is 18.3. The van der Waals surface area contributed by atoms with Crippen LogP contribution >= 0.6 is 0 Å². The van der Waals surface area contributed by atoms with Crippen molar-refractivity contribution < 1.29 is 9.90 Å². The second kappa shape index (κ2) is 4.40. The van der Waals surface area contributed by atoms with Gasteiger partial charge in [-0.1, -0.05) is 0 Å². The van der Waals surface area contributed by atoms with Gasteiger partial charge in [0.05, 0.1) is 0 Å². The van der Waals surface area contributed by atoms with Gasteiger partial charge in [-0.2, -0.15) is 0 Å². The highest BCUT2D eigenvalue weighted by molar-refractivity contribution is 5.76. The Morgan fingerprint density at radius 3 is 2.71 bits per heavy atom. The maximum atomic E-state index is 10.5. The van der Waals surface area contributed by atoms with E-state index in [2.05, 4.69) is 20.6 Å². The summed E-state index contributed by atoms with van der Waals surface area (Å²) in [6, 6.07) is 0.967. The van der Waals surface area contributed by atoms with Crippen LogP contribution in [0.25, 0.3) is 0 Å². The summed E-state index contributed by atoms with van der Waals surface area (Å²) >= 11 is 0. The van der Waals surface area contributed by atoms with E-state index in [0.29, 0.717) is 11.6 Å². The summed E-state index contributed by atoms with van der Waals surface area (Å²) in [5.41, 5.74) is 0. The van der Waals surface area contributed by atoms with Gasteiger partial charge in [0.25, 0.3) is 0 Å². The first-order valence-corrected chi connectivity index (χ1v) is 4.12. The highest BCUT2D eigenvalue weighted by atomic mass is 16.4. The molecule has 0 aliphatic heterocycles. The zero-order valence-electron chi connectivity index (χ0n) is 7.98. The summed E-state index contributed by atoms with van der Waals surface area (Å²) in [7, 11) is 1.73. The Hall–Kier alpha value is -1.85. The lowest BCUT2D eigenvalue weighted by Crippen LogP contribution is -2.25. The number of anilines is 2. The molecule has 6 nitrogen and oxygen atoms in total. The van der Waals surface area contributed by atoms with Crippen molar-refractivity contribution in [2.24, 2.45) is 0 Å². The van der Waals surface area contributed by atoms with Crippen molar-refractivity contribution in [3.63, 3.8) is 0 Å². The van der Waals surface area contributed by atoms with Gasteiger partial charge in [0.1, 0.15) is 24.0 Å². The fourth-order valence-corrected chi connectivity index (χ4v) is 0.857. The quantitative estimate of drug-likeness (QED) is 0.646. The van der Waals surface area contributed by atoms with E-state index in [1.807, 2.05) is 0 Å². The number of aliphatic carboxylic acids is 1. The van der Waals surface area contributed by atoms with Crippen molar-refractivity contribution >= 4 is 17.6 Å². The molecule has 3 N–H and O–H groups in total. The van der Waals surface area contributed by atoms with E-state index in [-0.39, 0.29) is 0 Å². The van der Waals surface area contributed by atoms with Crippen LogP contribution in [0.4, 0.5) is 11.6 Å². The average molecular weight is 196 g/mol. The number of carboxylic acids is 1. The first-order chi connectivity index (χ1) is 6.63. The number of hydrogen-bond acceptors (Lipinski definition) is 5. The summed E-state index contributed by atoms with van der Waals surface area (Å²) in [6.45, 7) is 1.55. The monoisotopic (exact) mass is 196 g/mol. The Labute approximate surface area is 81.4 Å². The Morgan fingerprint density at radius 2 is 2.14 bits per heavy atom. The molecule has 1 atom stereocenters. The highest BCUT2D eigenvalue weighted by Gasteiger charge is 2.10. The number of hydrogen-bond donors (Lipinski definition) is 3. The molecule has 6 heteroatoms. The number of rotatable bonds is 4. The zero-order valence-corrected chi connectivity index (χ0v) is 7.98. The predicted molar refractivity (Wildman–Crippen MR) is 52.3 cm³/mol. The molecule has 0 fully saturated rings. The largest absolute Gasteiger partial charge is 0.480 e. The molecule has 1 aromatic rings. The molecule has 1 heterocycles. The van der Waals surface area contributed by atoms with Crippen LogP contribution in [0.15, 0.2) is 12.4 Å². The van der Waals surface area contributed by atoms with Gasteiger partial charge in [-0.05, 0) is 6.92 Å². The van der Waals surface area contributed by atoms with Crippen LogP contribution in [-0.2, 0) is 4.79 Å². The number of aromatic nitrogens is 2. The van der Waals surface area contributed by atoms with Crippen LogP contribution in [0.3, 0.4) is 0 Å². The SMILES string of the molecule is CNc1cc(NC(C)C(=O)O)ncn1. The Kier molecular flexibility index (Phi) is 3.22. The van der Waals surface area contributed by atoms with Crippen molar-refractivity contribution in [2.45, 2.75) is 13.0 Å². The fraction of sp³-hybridized carbons (Fsp3) is 0.375. The molecule has 0 saturated carbocycles. The van der Waals surface area contributed by atoms with E-state index in [4.69, 9.17) is 5.11 Å². The molecule has 0 radical (unpaired) electrons. The summed E-state index contributed by atoms with van der Waals surface area (Å²) in [5, 5.41) is 14.2. The van der Waals surface area contributed by atoms with Crippen molar-refractivity contribution in [1.82, 2.24) is 9.97 Å². The lowest BCUT2D eigenvalue weighted by atomic mass is 10.3. The number of nitrogens with zero attached hydrogens (tertiary/aromatic N) is 2. The van der Waals surface area contributed by atoms with Gasteiger partial charge in [0, 0.05) is 13.1 Å². The second-order valence-electron chi connectivity index (χ2n) is 2.74. The molecule has 76 valence electrons. The zero-order chi connectivity index (χ0) is 10.6. The number of carbonyl (C=O) groups is 1. The van der Waals surface area contributed by atoms with Gasteiger partial charge in [-0.15, -0.1) is 0 Å². The van der Waals surface area contributed by atoms with Crippen molar-refractivity contribution in [3.05, 3.63) is 12.4 Å². The van der Waals surface area contributed by atoms with E-state index in [1.54, 1.807) is 20.0 Å². The molecule has 0 aromatic carbocycles. The van der Waals surface area contributed by atoms with Crippen molar-refractivity contribution in [3.8, 4) is 0 Å². The van der Waals surface area contributed by atoms with Crippen LogP contribution in [0.5, 0.6) is 0 Å². The third-order valence-electron chi connectivity index (χ3n) is 1.66. The molecule has 0 spiro atoms. The molecular weight excluding hydrogens is 184 g/mol. The third-order valence-corrected chi connectivity index (χ3v) is 1.66. The molecule has 0 aliphatic rings. The van der Waals surface area contributed by atoms with Gasteiger partial charge >= 0.3 is 5.97 Å². The van der Waals surface area contributed by atoms with Gasteiger partial charge in [-0.3, -0.25) is 4.79 Å². The van der Waals surface area contributed by atoms with Gasteiger partial charge in [0.15, 0.2) is 0 Å². The van der Waals surface area contributed by atoms with Gasteiger partial charge in [-0.25, -0.2) is 9.97 Å². The number of carboxylic acid groups (broad SMARTS) is 1. The van der Waals surface area contributed by atoms with Gasteiger partial charge < -0.3 is 15.7 Å². The van der Waals surface area contributed by atoms with E-state index >= 15 is 0 Å². The minimum absolute atomic E-state index is 0.485. The van der Waals surface area contributed by atoms with E-state index in [1.165, 1.54) is 6.33 Å². The van der Waals surface area contributed by atoms with Crippen LogP contribution in [-0.4, -0.2) is 34.1 Å². The van der Waals surface area contributed by atoms with Crippen LogP contribution in [0.1, 0.15) is 6.92 Å². The van der Waals surface area contributed by atoms with E-state index in [0.717, 1.165) is 0 Å². The maximum absolute atomic E-state index is 10.5. The molecule has 0 bridgehead atoms. The molecule has 1 rings (SSSR count). The van der Waals surface area contributed by atoms with E-state index < -0.39 is 12.0 Å². The van der Waals surface area contributed by atoms with E-state index in [9.17, 15) is 4.79 Å². The molecule has 1 unspecified atom stereocenters. The fourth-order valence-electron chi connectivity index (χ4n) is 0.857. The Balaban J connectivity index is 2.71. The van der Waals surface area contributed by atoms with Crippen LogP contribution in [0.2, 0.25) is 0 Å². The topological polar surface area (TPSA) is 87.1 Å². The average Bonchev–Trinajstić information content (AvgIpc) is 2.18. The summed E-state index contributed by atoms with van der Waals surface area (Å²) in [5.74, 6) is 0.203. The summed E-state index contributed by atoms with van der Waals surface area (Å²) in [6.07, 6.45) is 1.36. The minimum Gasteiger partial charge on any atom is -0.480 e. The highest BCUT2D eigenvalue weighted by Crippen LogP contribution is 2.08. The first-order valence-electron chi connectivity index (χ1n) is 4.12. The lowest BCUT2D eigenvalue weighted by molar-refractivity contribution is -0.137. The van der Waals surface area contributed by atoms with Crippen LogP contribution in [0, 0.1) is 0 Å². The van der Waals surface area contributed by atoms with Crippen molar-refractivity contribution in [2.75, 3.05) is 17.7 Å². The molecular formula is C8H12N4O2. The predicted octanol–water partition coefficient (Wildman–Crippen LogP) is 0.403. The van der Waals surface area contributed by atoms with Gasteiger partial charge in [0.2, 0.25) is 0 Å². The summed E-state index contributed by atoms with van der Waals surface area (Å²) < 4.78 is 0. The molecule has 14 heavy (non-hydrogen) atoms. The normalized spacial score (nSPS) is 11.9. The second-order valence-corrected chi connectivity index (χ2v) is 2.74. The molecule has 0 aliphatic carbocycles. The minimum atomic E-state index is -0.922. The molecule has 0 saturated heterocycles.